The monoisotopic (exact) mass is 448 g/mol. The van der Waals surface area contributed by atoms with Gasteiger partial charge in [-0.1, -0.05) is 79.3 Å². The lowest BCUT2D eigenvalue weighted by Crippen LogP contribution is -2.52. The number of carbonyl (C=O) groups is 2. The van der Waals surface area contributed by atoms with Gasteiger partial charge in [0, 0.05) is 25.3 Å². The first-order valence-electron chi connectivity index (χ1n) is 11.0. The number of benzene rings is 2. The van der Waals surface area contributed by atoms with E-state index in [2.05, 4.69) is 46.7 Å². The summed E-state index contributed by atoms with van der Waals surface area (Å²) >= 11 is 1.37. The third-order valence-corrected chi connectivity index (χ3v) is 6.88. The Labute approximate surface area is 192 Å². The SMILES string of the molecule is CCC(C)C(=O)N1Cc2ccccc2CC1C(=O)Nc1nnc(Cc2ccc(C)cc2)s1. The Morgan fingerprint density at radius 3 is 2.56 bits per heavy atom. The van der Waals surface area contributed by atoms with Gasteiger partial charge in [-0.25, -0.2) is 0 Å². The van der Waals surface area contributed by atoms with Gasteiger partial charge in [-0.15, -0.1) is 10.2 Å². The van der Waals surface area contributed by atoms with Gasteiger partial charge >= 0.3 is 0 Å². The summed E-state index contributed by atoms with van der Waals surface area (Å²) < 4.78 is 0. The first-order valence-corrected chi connectivity index (χ1v) is 11.8. The van der Waals surface area contributed by atoms with Crippen molar-refractivity contribution >= 4 is 28.3 Å². The number of rotatable bonds is 6. The lowest BCUT2D eigenvalue weighted by Gasteiger charge is -2.37. The number of hydrogen-bond acceptors (Lipinski definition) is 5. The van der Waals surface area contributed by atoms with Gasteiger partial charge in [0.1, 0.15) is 11.0 Å². The molecule has 1 aliphatic heterocycles. The van der Waals surface area contributed by atoms with E-state index in [-0.39, 0.29) is 17.7 Å². The Hall–Kier alpha value is -3.06. The smallest absolute Gasteiger partial charge is 0.249 e. The topological polar surface area (TPSA) is 75.2 Å². The number of amides is 2. The first-order chi connectivity index (χ1) is 15.4. The van der Waals surface area contributed by atoms with Gasteiger partial charge in [0.15, 0.2) is 0 Å². The molecule has 0 bridgehead atoms. The molecule has 0 radical (unpaired) electrons. The van der Waals surface area contributed by atoms with Crippen LogP contribution in [0.25, 0.3) is 0 Å². The molecule has 3 aromatic rings. The molecule has 0 fully saturated rings. The summed E-state index contributed by atoms with van der Waals surface area (Å²) in [5.74, 6) is -0.327. The Kier molecular flexibility index (Phi) is 6.65. The highest BCUT2D eigenvalue weighted by molar-refractivity contribution is 7.15. The number of carbonyl (C=O) groups excluding carboxylic acids is 2. The summed E-state index contributed by atoms with van der Waals surface area (Å²) in [5.41, 5.74) is 4.58. The molecule has 7 heteroatoms. The molecule has 4 rings (SSSR count). The number of aromatic nitrogens is 2. The minimum atomic E-state index is -0.559. The van der Waals surface area contributed by atoms with E-state index in [4.69, 9.17) is 0 Å². The lowest BCUT2D eigenvalue weighted by molar-refractivity contribution is -0.143. The maximum atomic E-state index is 13.2. The van der Waals surface area contributed by atoms with Crippen molar-refractivity contribution in [3.05, 3.63) is 75.8 Å². The van der Waals surface area contributed by atoms with Crippen molar-refractivity contribution in [1.82, 2.24) is 15.1 Å². The zero-order valence-electron chi connectivity index (χ0n) is 18.7. The molecule has 6 nitrogen and oxygen atoms in total. The minimum Gasteiger partial charge on any atom is -0.326 e. The van der Waals surface area contributed by atoms with Crippen molar-refractivity contribution in [3.63, 3.8) is 0 Å². The van der Waals surface area contributed by atoms with Crippen LogP contribution in [0.5, 0.6) is 0 Å². The van der Waals surface area contributed by atoms with Crippen LogP contribution in [0.3, 0.4) is 0 Å². The number of aryl methyl sites for hydroxylation is 1. The second-order valence-electron chi connectivity index (χ2n) is 8.42. The molecule has 2 heterocycles. The molecule has 2 amide bonds. The summed E-state index contributed by atoms with van der Waals surface area (Å²) in [6.45, 7) is 6.42. The molecule has 32 heavy (non-hydrogen) atoms. The predicted octanol–water partition coefficient (Wildman–Crippen LogP) is 4.38. The molecule has 1 N–H and O–H groups in total. The highest BCUT2D eigenvalue weighted by atomic mass is 32.1. The van der Waals surface area contributed by atoms with Crippen LogP contribution in [0.2, 0.25) is 0 Å². The van der Waals surface area contributed by atoms with Crippen molar-refractivity contribution in [3.8, 4) is 0 Å². The predicted molar refractivity (Wildman–Crippen MR) is 126 cm³/mol. The Balaban J connectivity index is 1.50. The van der Waals surface area contributed by atoms with Crippen molar-refractivity contribution < 1.29 is 9.59 Å². The van der Waals surface area contributed by atoms with E-state index < -0.39 is 6.04 Å². The van der Waals surface area contributed by atoms with Crippen LogP contribution in [0.4, 0.5) is 5.13 Å². The first kappa shape index (κ1) is 22.1. The highest BCUT2D eigenvalue weighted by Gasteiger charge is 2.36. The number of nitrogens with one attached hydrogen (secondary N) is 1. The van der Waals surface area contributed by atoms with Crippen molar-refractivity contribution in [2.24, 2.45) is 5.92 Å². The summed E-state index contributed by atoms with van der Waals surface area (Å²) in [7, 11) is 0. The molecular formula is C25H28N4O2S. The van der Waals surface area contributed by atoms with E-state index >= 15 is 0 Å². The normalized spacial score (nSPS) is 16.3. The zero-order valence-corrected chi connectivity index (χ0v) is 19.5. The van der Waals surface area contributed by atoms with Crippen molar-refractivity contribution in [2.45, 2.75) is 52.6 Å². The number of hydrogen-bond donors (Lipinski definition) is 1. The fraction of sp³-hybridized carbons (Fsp3) is 0.360. The maximum absolute atomic E-state index is 13.2. The molecule has 0 saturated heterocycles. The average Bonchev–Trinajstić information content (AvgIpc) is 3.25. The molecule has 1 aromatic heterocycles. The number of fused-ring (bicyclic) bond motifs is 1. The Bertz CT molecular complexity index is 1110. The van der Waals surface area contributed by atoms with Gasteiger partial charge in [-0.2, -0.15) is 0 Å². The average molecular weight is 449 g/mol. The minimum absolute atomic E-state index is 0.0134. The molecule has 0 saturated carbocycles. The largest absolute Gasteiger partial charge is 0.326 e. The maximum Gasteiger partial charge on any atom is 0.249 e. The van der Waals surface area contributed by atoms with E-state index in [1.807, 2.05) is 38.1 Å². The second kappa shape index (κ2) is 9.61. The molecule has 0 aliphatic carbocycles. The van der Waals surface area contributed by atoms with E-state index in [1.165, 1.54) is 16.9 Å². The third kappa shape index (κ3) is 4.88. The molecule has 1 aliphatic rings. The van der Waals surface area contributed by atoms with E-state index in [0.29, 0.717) is 24.5 Å². The van der Waals surface area contributed by atoms with Crippen LogP contribution in [-0.4, -0.2) is 33.0 Å². The van der Waals surface area contributed by atoms with Crippen LogP contribution < -0.4 is 5.32 Å². The van der Waals surface area contributed by atoms with Gasteiger partial charge in [0.2, 0.25) is 16.9 Å². The zero-order chi connectivity index (χ0) is 22.7. The van der Waals surface area contributed by atoms with Crippen LogP contribution >= 0.6 is 11.3 Å². The Morgan fingerprint density at radius 1 is 1.12 bits per heavy atom. The van der Waals surface area contributed by atoms with Crippen molar-refractivity contribution in [2.75, 3.05) is 5.32 Å². The van der Waals surface area contributed by atoms with Crippen LogP contribution in [0, 0.1) is 12.8 Å². The van der Waals surface area contributed by atoms with Gasteiger partial charge in [-0.3, -0.25) is 14.9 Å². The van der Waals surface area contributed by atoms with Crippen LogP contribution in [0.15, 0.2) is 48.5 Å². The fourth-order valence-electron chi connectivity index (χ4n) is 3.89. The second-order valence-corrected chi connectivity index (χ2v) is 9.48. The molecule has 166 valence electrons. The summed E-state index contributed by atoms with van der Waals surface area (Å²) in [6.07, 6.45) is 1.91. The summed E-state index contributed by atoms with van der Waals surface area (Å²) in [4.78, 5) is 28.0. The van der Waals surface area contributed by atoms with Gasteiger partial charge < -0.3 is 4.90 Å². The number of anilines is 1. The molecule has 2 unspecified atom stereocenters. The van der Waals surface area contributed by atoms with Crippen LogP contribution in [-0.2, 0) is 29.0 Å². The fourth-order valence-corrected chi connectivity index (χ4v) is 4.67. The summed E-state index contributed by atoms with van der Waals surface area (Å²) in [5, 5.41) is 12.6. The van der Waals surface area contributed by atoms with Gasteiger partial charge in [0.05, 0.1) is 0 Å². The molecule has 0 spiro atoms. The van der Waals surface area contributed by atoms with Crippen molar-refractivity contribution in [1.29, 1.82) is 0 Å². The molecule has 2 atom stereocenters. The van der Waals surface area contributed by atoms with Gasteiger partial charge in [0.25, 0.3) is 0 Å². The number of nitrogens with zero attached hydrogens (tertiary/aromatic N) is 3. The highest BCUT2D eigenvalue weighted by Crippen LogP contribution is 2.27. The molecular weight excluding hydrogens is 420 g/mol. The van der Waals surface area contributed by atoms with E-state index in [0.717, 1.165) is 28.1 Å². The third-order valence-electron chi connectivity index (χ3n) is 6.04. The lowest BCUT2D eigenvalue weighted by atomic mass is 9.92. The standard InChI is InChI=1S/C25H28N4O2S/c1-4-17(3)24(31)29-15-20-8-6-5-7-19(20)14-21(29)23(30)26-25-28-27-22(32-25)13-18-11-9-16(2)10-12-18/h5-12,17,21H,4,13-15H2,1-3H3,(H,26,28,30). The van der Waals surface area contributed by atoms with E-state index in [9.17, 15) is 9.59 Å². The summed E-state index contributed by atoms with van der Waals surface area (Å²) in [6, 6.07) is 15.7. The molecule has 2 aromatic carbocycles. The van der Waals surface area contributed by atoms with E-state index in [1.54, 1.807) is 4.90 Å². The van der Waals surface area contributed by atoms with Gasteiger partial charge in [-0.05, 0) is 30.0 Å². The Morgan fingerprint density at radius 2 is 1.84 bits per heavy atom. The van der Waals surface area contributed by atoms with Crippen LogP contribution in [0.1, 0.15) is 47.5 Å². The quantitative estimate of drug-likeness (QED) is 0.607.